The first-order chi connectivity index (χ1) is 44.1. The zero-order valence-corrected chi connectivity index (χ0v) is 56.8. The van der Waals surface area contributed by atoms with Crippen molar-refractivity contribution in [3.8, 4) is 12.1 Å². The molecule has 0 radical (unpaired) electrons. The molecule has 0 spiro atoms. The maximum atomic E-state index is 13.2. The molecule has 6 atom stereocenters. The summed E-state index contributed by atoms with van der Waals surface area (Å²) in [6.45, 7) is 23.3. The highest BCUT2D eigenvalue weighted by molar-refractivity contribution is 5.93. The molecule has 0 aromatic heterocycles. The van der Waals surface area contributed by atoms with E-state index in [1.165, 1.54) is 57.8 Å². The molecule has 3 aromatic carbocycles. The van der Waals surface area contributed by atoms with E-state index >= 15 is 0 Å². The molecule has 4 fully saturated rings. The van der Waals surface area contributed by atoms with E-state index in [0.29, 0.717) is 18.9 Å². The Labute approximate surface area is 546 Å². The molecule has 5 unspecified atom stereocenters. The van der Waals surface area contributed by atoms with Gasteiger partial charge in [0, 0.05) is 55.9 Å². The van der Waals surface area contributed by atoms with Crippen molar-refractivity contribution >= 4 is 47.6 Å². The monoisotopic (exact) mass is 1250 g/mol. The van der Waals surface area contributed by atoms with Gasteiger partial charge in [-0.2, -0.15) is 0 Å². The van der Waals surface area contributed by atoms with Crippen LogP contribution in [0.4, 0.5) is 0 Å². The summed E-state index contributed by atoms with van der Waals surface area (Å²) in [6, 6.07) is 31.5. The summed E-state index contributed by atoms with van der Waals surface area (Å²) in [7, 11) is 3.45. The number of nitrogens with one attached hydrogen (secondary N) is 7. The van der Waals surface area contributed by atoms with Gasteiger partial charge < -0.3 is 36.4 Å². The molecule has 500 valence electrons. The van der Waals surface area contributed by atoms with Crippen molar-refractivity contribution in [3.63, 3.8) is 0 Å². The molecule has 2 heterocycles. The van der Waals surface area contributed by atoms with Crippen LogP contribution in [-0.4, -0.2) is 128 Å². The minimum Gasteiger partial charge on any atom is -0.346 e. The zero-order chi connectivity index (χ0) is 67.3. The third-order valence-corrected chi connectivity index (χ3v) is 16.5. The first-order valence-electron chi connectivity index (χ1n) is 33.5. The Morgan fingerprint density at radius 3 is 1.59 bits per heavy atom. The van der Waals surface area contributed by atoms with Crippen LogP contribution in [0.5, 0.6) is 0 Å². The summed E-state index contributed by atoms with van der Waals surface area (Å²) < 4.78 is 0. The fourth-order valence-electron chi connectivity index (χ4n) is 11.2. The minimum absolute atomic E-state index is 0.0489. The molecule has 7 N–H and O–H groups in total. The third-order valence-electron chi connectivity index (χ3n) is 16.5. The highest BCUT2D eigenvalue weighted by Gasteiger charge is 2.37. The molecule has 2 saturated carbocycles. The van der Waals surface area contributed by atoms with Crippen molar-refractivity contribution in [2.45, 2.75) is 207 Å². The summed E-state index contributed by atoms with van der Waals surface area (Å²) in [6.07, 6.45) is 26.6. The number of likely N-dealkylation sites (tertiary alicyclic amines) is 2. The van der Waals surface area contributed by atoms with E-state index in [2.05, 4.69) is 55.9 Å². The smallest absolute Gasteiger partial charge is 0.255 e. The Morgan fingerprint density at radius 2 is 1.11 bits per heavy atom. The molecule has 17 heteroatoms. The van der Waals surface area contributed by atoms with Gasteiger partial charge >= 0.3 is 0 Å². The molecule has 4 aliphatic rings. The number of rotatable bonds is 23. The van der Waals surface area contributed by atoms with Crippen molar-refractivity contribution in [1.29, 1.82) is 0 Å². The van der Waals surface area contributed by atoms with Crippen LogP contribution in [-0.2, 0) is 38.4 Å². The number of carbonyl (C=O) groups is 8. The molecular weight excluding hydrogens is 1140 g/mol. The molecule has 2 aliphatic heterocycles. The number of likely N-dealkylation sites (N-methyl/N-ethyl adjacent to an activating group) is 2. The van der Waals surface area contributed by atoms with Crippen LogP contribution in [0.25, 0.3) is 0 Å². The van der Waals surface area contributed by atoms with E-state index in [0.717, 1.165) is 73.9 Å². The fraction of sp³-hybridized carbons (Fsp3) is 0.541. The Balaban J connectivity index is 0.000000464. The molecule has 2 aliphatic carbocycles. The molecule has 91 heavy (non-hydrogen) atoms. The fourth-order valence-corrected chi connectivity index (χ4v) is 11.2. The normalized spacial score (nSPS) is 16.9. The number of benzene rings is 3. The van der Waals surface area contributed by atoms with E-state index in [-0.39, 0.29) is 84.3 Å². The summed E-state index contributed by atoms with van der Waals surface area (Å²) >= 11 is 0. The number of nitrogens with zero attached hydrogens (tertiary/aromatic N) is 2. The lowest BCUT2D eigenvalue weighted by Gasteiger charge is -2.33. The lowest BCUT2D eigenvalue weighted by molar-refractivity contribution is -0.139. The number of carbonyl (C=O) groups excluding carboxylic acids is 8. The predicted molar refractivity (Wildman–Crippen MR) is 368 cm³/mol. The minimum atomic E-state index is -0.929. The van der Waals surface area contributed by atoms with Gasteiger partial charge in [0.1, 0.15) is 12.1 Å². The van der Waals surface area contributed by atoms with Gasteiger partial charge in [0.15, 0.2) is 5.78 Å². The van der Waals surface area contributed by atoms with Crippen molar-refractivity contribution in [3.05, 3.63) is 144 Å². The van der Waals surface area contributed by atoms with Crippen molar-refractivity contribution in [1.82, 2.24) is 47.0 Å². The van der Waals surface area contributed by atoms with Gasteiger partial charge in [-0.1, -0.05) is 221 Å². The summed E-state index contributed by atoms with van der Waals surface area (Å²) in [5.41, 5.74) is 3.60. The van der Waals surface area contributed by atoms with E-state index in [1.807, 2.05) is 170 Å². The van der Waals surface area contributed by atoms with Crippen LogP contribution >= 0.6 is 0 Å². The maximum Gasteiger partial charge on any atom is 0.255 e. The van der Waals surface area contributed by atoms with Gasteiger partial charge in [-0.25, -0.2) is 0 Å². The molecule has 17 nitrogen and oxygen atoms in total. The average molecular weight is 1250 g/mol. The predicted octanol–water partition coefficient (Wildman–Crippen LogP) is 10.5. The largest absolute Gasteiger partial charge is 0.346 e. The number of Topliss-reactive ketones (excluding diaryl/α,β-unsaturated/α-hetero) is 1. The third kappa shape index (κ3) is 28.6. The standard InChI is InChI=1S/C34H33N3O3.C16H29N3O2.C14H25N3O3.C6H12.2C2H6/c1-3-5-15-26(4-2)30(27-16-9-6-10-17-27)24-31(39)35-22-23-36-34(40)33(37-25-38)32(28-18-11-7-12-19-28)29-20-13-8-14-21-29;1-12(17-2)15(20)18-14(13-8-4-3-5-9-13)16(21)19-10-6-7-11-19;1-9(2)13(19)11-6-5-7-17(11)12(18)8-16-14(20)10(3)15-4;1-2-4-6-5-3-1;2*1-2/h3-21,25,30,32-33H,2,24H2,1H3,(H,35,39)(H,36,40)(H,37,38);12-14,17H,3-11H2,1-2H3,(H,18,20);9-11,15H,5-8H2,1-4H3,(H,16,20);1-6H2;2*1-2H3/b5-3-,26-15+;;;;;/t;12-,14?;;;;/m.0..../s1. The highest BCUT2D eigenvalue weighted by atomic mass is 16.2. The van der Waals surface area contributed by atoms with Crippen LogP contribution in [0.3, 0.4) is 0 Å². The van der Waals surface area contributed by atoms with E-state index in [4.69, 9.17) is 0 Å². The van der Waals surface area contributed by atoms with Gasteiger partial charge in [-0.05, 0) is 102 Å². The van der Waals surface area contributed by atoms with Crippen LogP contribution in [0.2, 0.25) is 0 Å². The van der Waals surface area contributed by atoms with E-state index < -0.39 is 17.9 Å². The molecule has 7 rings (SSSR count). The van der Waals surface area contributed by atoms with Crippen LogP contribution in [0.1, 0.15) is 194 Å². The van der Waals surface area contributed by atoms with Crippen LogP contribution in [0, 0.1) is 23.9 Å². The zero-order valence-electron chi connectivity index (χ0n) is 56.8. The summed E-state index contributed by atoms with van der Waals surface area (Å²) in [5, 5.41) is 19.1. The quantitative estimate of drug-likeness (QED) is 0.0206. The highest BCUT2D eigenvalue weighted by Crippen LogP contribution is 2.31. The SMILES string of the molecule is C1CCCCC1.C=C/C(=C\C=C/C)C(CC(=O)NC#CNC(=O)C(NC=O)C(c1ccccc1)c1ccccc1)c1ccccc1.CC.CC.CNC(C)C(=O)NCC(=O)N1CCCC1C(=O)C(C)C.CN[C@@H](C)C(=O)NC(C(=O)N1CCCC1)C1CCCCC1. The summed E-state index contributed by atoms with van der Waals surface area (Å²) in [5.74, 6) is -1.48. The molecule has 3 aromatic rings. The van der Waals surface area contributed by atoms with E-state index in [9.17, 15) is 38.4 Å². The van der Waals surface area contributed by atoms with Gasteiger partial charge in [-0.15, -0.1) is 0 Å². The van der Waals surface area contributed by atoms with Crippen molar-refractivity contribution < 1.29 is 38.4 Å². The Morgan fingerprint density at radius 1 is 0.615 bits per heavy atom. The van der Waals surface area contributed by atoms with E-state index in [1.54, 1.807) is 32.0 Å². The molecule has 0 bridgehead atoms. The number of hydrogen-bond donors (Lipinski definition) is 7. The first-order valence-corrected chi connectivity index (χ1v) is 33.5. The molecular formula is C74H111N9O8. The van der Waals surface area contributed by atoms with Gasteiger partial charge in [0.05, 0.1) is 24.7 Å². The Hall–Kier alpha value is -7.68. The average Bonchev–Trinajstić information content (AvgIpc) is 1.36. The lowest BCUT2D eigenvalue weighted by Crippen LogP contribution is -2.55. The Kier molecular flexibility index (Phi) is 41.2. The van der Waals surface area contributed by atoms with Gasteiger partial charge in [0.2, 0.25) is 35.9 Å². The topological polar surface area (TPSA) is 227 Å². The lowest BCUT2D eigenvalue weighted by atomic mass is 9.83. The first kappa shape index (κ1) is 79.4. The van der Waals surface area contributed by atoms with Crippen LogP contribution < -0.4 is 37.2 Å². The van der Waals surface area contributed by atoms with Gasteiger partial charge in [-0.3, -0.25) is 49.0 Å². The summed E-state index contributed by atoms with van der Waals surface area (Å²) in [4.78, 5) is 102. The van der Waals surface area contributed by atoms with Gasteiger partial charge in [0.25, 0.3) is 5.91 Å². The number of ketones is 1. The number of allylic oxidation sites excluding steroid dienone is 5. The molecule has 7 amide bonds. The number of amides is 7. The second-order valence-electron chi connectivity index (χ2n) is 23.0. The second kappa shape index (κ2) is 47.3. The van der Waals surface area contributed by atoms with Crippen LogP contribution in [0.15, 0.2) is 127 Å². The maximum absolute atomic E-state index is 13.2. The van der Waals surface area contributed by atoms with Crippen molar-refractivity contribution in [2.24, 2.45) is 11.8 Å². The van der Waals surface area contributed by atoms with Crippen molar-refractivity contribution in [2.75, 3.05) is 40.3 Å². The number of hydrogen-bond acceptors (Lipinski definition) is 10. The Bertz CT molecular complexity index is 2680. The second-order valence-corrected chi connectivity index (χ2v) is 23.0. The molecule has 2 saturated heterocycles.